The van der Waals surface area contributed by atoms with Gasteiger partial charge in [0.05, 0.1) is 11.1 Å². The molecule has 0 fully saturated rings. The van der Waals surface area contributed by atoms with Gasteiger partial charge in [0.15, 0.2) is 0 Å². The molecule has 1 rings (SSSR count). The van der Waals surface area contributed by atoms with Gasteiger partial charge in [-0.3, -0.25) is 24.0 Å². The van der Waals surface area contributed by atoms with Crippen molar-refractivity contribution in [1.29, 1.82) is 0 Å². The van der Waals surface area contributed by atoms with E-state index in [9.17, 15) is 19.7 Å². The van der Waals surface area contributed by atoms with Gasteiger partial charge >= 0.3 is 16.9 Å². The van der Waals surface area contributed by atoms with Crippen LogP contribution in [-0.4, -0.2) is 19.9 Å². The molecular weight excluding hydrogens is 274 g/mol. The number of hydrogen-bond donors (Lipinski definition) is 0. The molecule has 0 N–H and O–H groups in total. The summed E-state index contributed by atoms with van der Waals surface area (Å²) in [5, 5.41) is 10.8. The molecule has 0 saturated carbocycles. The minimum Gasteiger partial charge on any atom is -0.294 e. The van der Waals surface area contributed by atoms with E-state index in [1.165, 1.54) is 4.57 Å². The predicted octanol–water partition coefficient (Wildman–Crippen LogP) is 1.35. The summed E-state index contributed by atoms with van der Waals surface area (Å²) in [7, 11) is 0. The molecule has 1 aromatic heterocycles. The molecule has 106 valence electrons. The molecule has 0 aliphatic rings. The van der Waals surface area contributed by atoms with E-state index < -0.39 is 21.9 Å². The van der Waals surface area contributed by atoms with Gasteiger partial charge in [-0.15, -0.1) is 11.6 Å². The van der Waals surface area contributed by atoms with Crippen LogP contribution in [0.5, 0.6) is 0 Å². The molecule has 0 spiro atoms. The SMILES string of the molecule is CCn1cc([N+](=O)[O-])c(=O)n(CCCCCCl)c1=O. The van der Waals surface area contributed by atoms with Gasteiger partial charge in [0.1, 0.15) is 0 Å². The molecule has 0 unspecified atom stereocenters. The van der Waals surface area contributed by atoms with Gasteiger partial charge in [-0.2, -0.15) is 0 Å². The molecule has 0 atom stereocenters. The molecule has 19 heavy (non-hydrogen) atoms. The van der Waals surface area contributed by atoms with Crippen LogP contribution in [-0.2, 0) is 13.1 Å². The Morgan fingerprint density at radius 2 is 2.00 bits per heavy atom. The van der Waals surface area contributed by atoms with E-state index in [4.69, 9.17) is 11.6 Å². The van der Waals surface area contributed by atoms with Crippen LogP contribution >= 0.6 is 11.6 Å². The third-order valence-electron chi connectivity index (χ3n) is 2.77. The molecule has 0 aliphatic carbocycles. The van der Waals surface area contributed by atoms with Crippen LogP contribution in [0.1, 0.15) is 26.2 Å². The molecular formula is C11H16ClN3O4. The lowest BCUT2D eigenvalue weighted by atomic mass is 10.2. The maximum Gasteiger partial charge on any atom is 0.350 e. The highest BCUT2D eigenvalue weighted by Crippen LogP contribution is 2.02. The summed E-state index contributed by atoms with van der Waals surface area (Å²) in [6.07, 6.45) is 3.14. The van der Waals surface area contributed by atoms with Crippen molar-refractivity contribution in [3.63, 3.8) is 0 Å². The zero-order valence-corrected chi connectivity index (χ0v) is 11.4. The number of nitro groups is 1. The van der Waals surface area contributed by atoms with E-state index in [1.54, 1.807) is 6.92 Å². The largest absolute Gasteiger partial charge is 0.350 e. The molecule has 0 bridgehead atoms. The Morgan fingerprint density at radius 3 is 2.53 bits per heavy atom. The van der Waals surface area contributed by atoms with Crippen molar-refractivity contribution in [2.45, 2.75) is 39.3 Å². The summed E-state index contributed by atoms with van der Waals surface area (Å²) in [6, 6.07) is 0. The fraction of sp³-hybridized carbons (Fsp3) is 0.636. The number of nitrogens with zero attached hydrogens (tertiary/aromatic N) is 3. The van der Waals surface area contributed by atoms with Crippen LogP contribution in [0.2, 0.25) is 0 Å². The first kappa shape index (κ1) is 15.4. The minimum atomic E-state index is -0.842. The smallest absolute Gasteiger partial charge is 0.294 e. The average Bonchev–Trinajstić information content (AvgIpc) is 2.37. The Bertz CT molecular complexity index is 564. The fourth-order valence-electron chi connectivity index (χ4n) is 1.73. The van der Waals surface area contributed by atoms with Crippen molar-refractivity contribution >= 4 is 17.3 Å². The van der Waals surface area contributed by atoms with Gasteiger partial charge in [0, 0.05) is 19.0 Å². The van der Waals surface area contributed by atoms with Crippen molar-refractivity contribution in [2.75, 3.05) is 5.88 Å². The van der Waals surface area contributed by atoms with Gasteiger partial charge < -0.3 is 0 Å². The Kier molecular flexibility index (Phi) is 5.75. The number of alkyl halides is 1. The predicted molar refractivity (Wildman–Crippen MR) is 71.9 cm³/mol. The first-order chi connectivity index (χ1) is 9.02. The normalized spacial score (nSPS) is 10.6. The van der Waals surface area contributed by atoms with Crippen molar-refractivity contribution in [2.24, 2.45) is 0 Å². The van der Waals surface area contributed by atoms with Gasteiger partial charge in [-0.05, 0) is 19.8 Å². The average molecular weight is 290 g/mol. The molecule has 7 nitrogen and oxygen atoms in total. The number of aryl methyl sites for hydroxylation is 1. The number of rotatable bonds is 7. The Balaban J connectivity index is 3.14. The highest BCUT2D eigenvalue weighted by Gasteiger charge is 2.18. The third-order valence-corrected chi connectivity index (χ3v) is 3.04. The van der Waals surface area contributed by atoms with Crippen LogP contribution in [0.3, 0.4) is 0 Å². The van der Waals surface area contributed by atoms with Crippen LogP contribution < -0.4 is 11.2 Å². The Morgan fingerprint density at radius 1 is 1.32 bits per heavy atom. The first-order valence-corrected chi connectivity index (χ1v) is 6.61. The summed E-state index contributed by atoms with van der Waals surface area (Å²) < 4.78 is 2.09. The molecule has 8 heteroatoms. The molecule has 0 aliphatic heterocycles. The molecule has 1 heterocycles. The second-order valence-electron chi connectivity index (χ2n) is 4.05. The van der Waals surface area contributed by atoms with E-state index in [-0.39, 0.29) is 13.1 Å². The summed E-state index contributed by atoms with van der Waals surface area (Å²) in [4.78, 5) is 33.8. The van der Waals surface area contributed by atoms with Gasteiger partial charge in [-0.1, -0.05) is 6.42 Å². The van der Waals surface area contributed by atoms with Crippen molar-refractivity contribution in [3.05, 3.63) is 37.1 Å². The summed E-state index contributed by atoms with van der Waals surface area (Å²) in [5.41, 5.74) is -1.92. The molecule has 0 aromatic carbocycles. The number of hydrogen-bond acceptors (Lipinski definition) is 4. The van der Waals surface area contributed by atoms with Crippen molar-refractivity contribution < 1.29 is 4.92 Å². The molecule has 0 amide bonds. The van der Waals surface area contributed by atoms with Crippen LogP contribution in [0.4, 0.5) is 5.69 Å². The topological polar surface area (TPSA) is 87.1 Å². The molecule has 0 radical (unpaired) electrons. The standard InChI is InChI=1S/C11H16ClN3O4/c1-2-13-8-9(15(18)19)10(16)14(11(13)17)7-5-3-4-6-12/h8H,2-7H2,1H3. The Hall–Kier alpha value is -1.63. The lowest BCUT2D eigenvalue weighted by Crippen LogP contribution is -2.40. The summed E-state index contributed by atoms with van der Waals surface area (Å²) in [5.74, 6) is 0.517. The summed E-state index contributed by atoms with van der Waals surface area (Å²) >= 11 is 5.54. The monoisotopic (exact) mass is 289 g/mol. The van der Waals surface area contributed by atoms with Gasteiger partial charge in [0.2, 0.25) is 0 Å². The zero-order valence-electron chi connectivity index (χ0n) is 10.7. The maximum atomic E-state index is 11.9. The quantitative estimate of drug-likeness (QED) is 0.328. The first-order valence-electron chi connectivity index (χ1n) is 6.07. The molecule has 0 saturated heterocycles. The van der Waals surface area contributed by atoms with E-state index in [0.717, 1.165) is 23.6 Å². The van der Waals surface area contributed by atoms with Crippen molar-refractivity contribution in [3.8, 4) is 0 Å². The molecule has 1 aromatic rings. The zero-order chi connectivity index (χ0) is 14.4. The highest BCUT2D eigenvalue weighted by molar-refractivity contribution is 6.17. The Labute approximate surface area is 114 Å². The van der Waals surface area contributed by atoms with E-state index in [1.807, 2.05) is 0 Å². The number of halogens is 1. The minimum absolute atomic E-state index is 0.177. The lowest BCUT2D eigenvalue weighted by molar-refractivity contribution is -0.387. The second kappa shape index (κ2) is 7.08. The third kappa shape index (κ3) is 3.66. The summed E-state index contributed by atoms with van der Waals surface area (Å²) in [6.45, 7) is 2.14. The van der Waals surface area contributed by atoms with Crippen LogP contribution in [0.25, 0.3) is 0 Å². The number of aromatic nitrogens is 2. The van der Waals surface area contributed by atoms with Crippen LogP contribution in [0, 0.1) is 10.1 Å². The maximum absolute atomic E-state index is 11.9. The fourth-order valence-corrected chi connectivity index (χ4v) is 1.92. The van der Waals surface area contributed by atoms with Crippen molar-refractivity contribution in [1.82, 2.24) is 9.13 Å². The van der Waals surface area contributed by atoms with E-state index in [0.29, 0.717) is 12.3 Å². The lowest BCUT2D eigenvalue weighted by Gasteiger charge is -2.08. The number of unbranched alkanes of at least 4 members (excludes halogenated alkanes) is 2. The van der Waals surface area contributed by atoms with Gasteiger partial charge in [-0.25, -0.2) is 4.79 Å². The highest BCUT2D eigenvalue weighted by atomic mass is 35.5. The van der Waals surface area contributed by atoms with Gasteiger partial charge in [0.25, 0.3) is 0 Å². The van der Waals surface area contributed by atoms with E-state index in [2.05, 4.69) is 0 Å². The van der Waals surface area contributed by atoms with E-state index >= 15 is 0 Å². The second-order valence-corrected chi connectivity index (χ2v) is 4.42. The van der Waals surface area contributed by atoms with Crippen LogP contribution in [0.15, 0.2) is 15.8 Å².